The third kappa shape index (κ3) is 4.03. The van der Waals surface area contributed by atoms with Gasteiger partial charge in [0.1, 0.15) is 13.2 Å². The number of hydrogen-bond acceptors (Lipinski definition) is 3. The quantitative estimate of drug-likeness (QED) is 0.897. The Balaban J connectivity index is 1.97. The third-order valence-electron chi connectivity index (χ3n) is 3.77. The number of urea groups is 1. The first kappa shape index (κ1) is 15.5. The molecule has 0 fully saturated rings. The van der Waals surface area contributed by atoms with E-state index < -0.39 is 0 Å². The predicted octanol–water partition coefficient (Wildman–Crippen LogP) is 2.86. The van der Waals surface area contributed by atoms with Gasteiger partial charge in [-0.3, -0.25) is 0 Å². The van der Waals surface area contributed by atoms with Crippen LogP contribution in [0.25, 0.3) is 0 Å². The normalized spacial score (nSPS) is 16.2. The minimum absolute atomic E-state index is 0.0970. The number of amides is 2. The fourth-order valence-corrected chi connectivity index (χ4v) is 2.02. The Bertz CT molecular complexity index is 502. The summed E-state index contributed by atoms with van der Waals surface area (Å²) in [6.07, 6.45) is 0. The van der Waals surface area contributed by atoms with Gasteiger partial charge in [-0.1, -0.05) is 19.9 Å². The molecule has 2 rings (SSSR count). The number of ether oxygens (including phenoxy) is 2. The van der Waals surface area contributed by atoms with E-state index in [2.05, 4.69) is 24.5 Å². The molecule has 1 aliphatic heterocycles. The van der Waals surface area contributed by atoms with E-state index in [1.54, 1.807) is 0 Å². The van der Waals surface area contributed by atoms with Crippen LogP contribution in [0.1, 0.15) is 39.3 Å². The first-order valence-electron chi connectivity index (χ1n) is 7.44. The standard InChI is InChI=1S/C16H24N2O3/c1-10(2)11(3)17-16(19)18-12(4)13-5-6-14-15(9-13)21-8-7-20-14/h5-6,9-12H,7-8H2,1-4H3,(H2,17,18,19). The maximum Gasteiger partial charge on any atom is 0.315 e. The molecule has 2 atom stereocenters. The van der Waals surface area contributed by atoms with Crippen LogP contribution >= 0.6 is 0 Å². The highest BCUT2D eigenvalue weighted by atomic mass is 16.6. The summed E-state index contributed by atoms with van der Waals surface area (Å²) in [5.74, 6) is 1.90. The van der Waals surface area contributed by atoms with E-state index in [0.29, 0.717) is 19.1 Å². The van der Waals surface area contributed by atoms with E-state index in [-0.39, 0.29) is 18.1 Å². The van der Waals surface area contributed by atoms with Crippen molar-refractivity contribution in [1.29, 1.82) is 0 Å². The third-order valence-corrected chi connectivity index (χ3v) is 3.77. The van der Waals surface area contributed by atoms with E-state index in [1.807, 2.05) is 32.0 Å². The van der Waals surface area contributed by atoms with Gasteiger partial charge in [-0.25, -0.2) is 4.79 Å². The molecule has 0 aliphatic carbocycles. The highest BCUT2D eigenvalue weighted by Crippen LogP contribution is 2.32. The van der Waals surface area contributed by atoms with E-state index in [9.17, 15) is 4.79 Å². The Morgan fingerprint density at radius 1 is 1.05 bits per heavy atom. The van der Waals surface area contributed by atoms with Gasteiger partial charge in [0.05, 0.1) is 6.04 Å². The Hall–Kier alpha value is -1.91. The Labute approximate surface area is 126 Å². The molecule has 0 saturated heterocycles. The van der Waals surface area contributed by atoms with Crippen molar-refractivity contribution in [3.05, 3.63) is 23.8 Å². The predicted molar refractivity (Wildman–Crippen MR) is 81.8 cm³/mol. The van der Waals surface area contributed by atoms with Gasteiger partial charge in [0, 0.05) is 6.04 Å². The van der Waals surface area contributed by atoms with Crippen LogP contribution in [0.2, 0.25) is 0 Å². The number of benzene rings is 1. The lowest BCUT2D eigenvalue weighted by Gasteiger charge is -2.22. The molecule has 1 aromatic carbocycles. The zero-order valence-electron chi connectivity index (χ0n) is 13.1. The molecule has 21 heavy (non-hydrogen) atoms. The van der Waals surface area contributed by atoms with Crippen LogP contribution in [0.3, 0.4) is 0 Å². The summed E-state index contributed by atoms with van der Waals surface area (Å²) in [4.78, 5) is 12.0. The van der Waals surface area contributed by atoms with Crippen LogP contribution in [0.15, 0.2) is 18.2 Å². The lowest BCUT2D eigenvalue weighted by atomic mass is 10.1. The van der Waals surface area contributed by atoms with Crippen LogP contribution in [0.5, 0.6) is 11.5 Å². The van der Waals surface area contributed by atoms with Crippen LogP contribution in [-0.2, 0) is 0 Å². The zero-order valence-corrected chi connectivity index (χ0v) is 13.1. The molecule has 2 amide bonds. The second-order valence-electron chi connectivity index (χ2n) is 5.78. The first-order valence-corrected chi connectivity index (χ1v) is 7.44. The molecular weight excluding hydrogens is 268 g/mol. The number of carbonyl (C=O) groups is 1. The summed E-state index contributed by atoms with van der Waals surface area (Å²) in [6, 6.07) is 5.64. The molecule has 2 N–H and O–H groups in total. The molecule has 5 heteroatoms. The molecule has 1 aromatic rings. The number of hydrogen-bond donors (Lipinski definition) is 2. The molecule has 1 heterocycles. The Morgan fingerprint density at radius 3 is 2.38 bits per heavy atom. The molecule has 0 bridgehead atoms. The Morgan fingerprint density at radius 2 is 1.71 bits per heavy atom. The fourth-order valence-electron chi connectivity index (χ4n) is 2.02. The smallest absolute Gasteiger partial charge is 0.315 e. The topological polar surface area (TPSA) is 59.6 Å². The summed E-state index contributed by atoms with van der Waals surface area (Å²) in [5, 5.41) is 5.88. The summed E-state index contributed by atoms with van der Waals surface area (Å²) in [5.41, 5.74) is 0.992. The summed E-state index contributed by atoms with van der Waals surface area (Å²) in [6.45, 7) is 9.24. The van der Waals surface area contributed by atoms with Crippen molar-refractivity contribution in [3.63, 3.8) is 0 Å². The largest absolute Gasteiger partial charge is 0.486 e. The van der Waals surface area contributed by atoms with Crippen molar-refractivity contribution in [2.45, 2.75) is 39.8 Å². The summed E-state index contributed by atoms with van der Waals surface area (Å²) >= 11 is 0. The second kappa shape index (κ2) is 6.70. The second-order valence-corrected chi connectivity index (χ2v) is 5.78. The first-order chi connectivity index (χ1) is 9.97. The number of fused-ring (bicyclic) bond motifs is 1. The molecule has 2 unspecified atom stereocenters. The van der Waals surface area contributed by atoms with Crippen molar-refractivity contribution >= 4 is 6.03 Å². The van der Waals surface area contributed by atoms with Gasteiger partial charge in [0.15, 0.2) is 11.5 Å². The highest BCUT2D eigenvalue weighted by molar-refractivity contribution is 5.74. The molecule has 0 aromatic heterocycles. The highest BCUT2D eigenvalue weighted by Gasteiger charge is 2.17. The van der Waals surface area contributed by atoms with E-state index in [4.69, 9.17) is 9.47 Å². The van der Waals surface area contributed by atoms with Crippen molar-refractivity contribution in [2.24, 2.45) is 5.92 Å². The van der Waals surface area contributed by atoms with Gasteiger partial charge >= 0.3 is 6.03 Å². The van der Waals surface area contributed by atoms with E-state index in [0.717, 1.165) is 17.1 Å². The van der Waals surface area contributed by atoms with Crippen molar-refractivity contribution in [2.75, 3.05) is 13.2 Å². The van der Waals surface area contributed by atoms with Gasteiger partial charge in [-0.15, -0.1) is 0 Å². The lowest BCUT2D eigenvalue weighted by Crippen LogP contribution is -2.43. The minimum Gasteiger partial charge on any atom is -0.486 e. The SMILES string of the molecule is CC(NC(=O)NC(C)C(C)C)c1ccc2c(c1)OCCO2. The molecule has 0 radical (unpaired) electrons. The van der Waals surface area contributed by atoms with Crippen molar-refractivity contribution in [3.8, 4) is 11.5 Å². The van der Waals surface area contributed by atoms with Crippen LogP contribution < -0.4 is 20.1 Å². The van der Waals surface area contributed by atoms with Crippen LogP contribution in [0.4, 0.5) is 4.79 Å². The molecular formula is C16H24N2O3. The Kier molecular flexibility index (Phi) is 4.94. The van der Waals surface area contributed by atoms with Crippen molar-refractivity contribution in [1.82, 2.24) is 10.6 Å². The number of rotatable bonds is 4. The van der Waals surface area contributed by atoms with Gasteiger partial charge in [-0.2, -0.15) is 0 Å². The molecule has 1 aliphatic rings. The van der Waals surface area contributed by atoms with Crippen LogP contribution in [-0.4, -0.2) is 25.3 Å². The number of nitrogens with one attached hydrogen (secondary N) is 2. The maximum atomic E-state index is 12.0. The van der Waals surface area contributed by atoms with Gasteiger partial charge in [0.25, 0.3) is 0 Å². The maximum absolute atomic E-state index is 12.0. The fraction of sp³-hybridized carbons (Fsp3) is 0.562. The summed E-state index contributed by atoms with van der Waals surface area (Å²) < 4.78 is 11.1. The lowest BCUT2D eigenvalue weighted by molar-refractivity contribution is 0.171. The summed E-state index contributed by atoms with van der Waals surface area (Å²) in [7, 11) is 0. The molecule has 0 spiro atoms. The monoisotopic (exact) mass is 292 g/mol. The van der Waals surface area contributed by atoms with Gasteiger partial charge in [-0.05, 0) is 37.5 Å². The van der Waals surface area contributed by atoms with Crippen molar-refractivity contribution < 1.29 is 14.3 Å². The molecule has 116 valence electrons. The minimum atomic E-state index is -0.154. The van der Waals surface area contributed by atoms with Gasteiger partial charge < -0.3 is 20.1 Å². The number of carbonyl (C=O) groups excluding carboxylic acids is 1. The average Bonchev–Trinajstić information content (AvgIpc) is 2.46. The van der Waals surface area contributed by atoms with Gasteiger partial charge in [0.2, 0.25) is 0 Å². The van der Waals surface area contributed by atoms with E-state index in [1.165, 1.54) is 0 Å². The van der Waals surface area contributed by atoms with Crippen LogP contribution in [0, 0.1) is 5.92 Å². The van der Waals surface area contributed by atoms with E-state index >= 15 is 0 Å². The molecule has 5 nitrogen and oxygen atoms in total. The zero-order chi connectivity index (χ0) is 15.4. The molecule has 0 saturated carbocycles. The average molecular weight is 292 g/mol.